The Kier molecular flexibility index (Phi) is 7.02. The standard InChI is InChI=1S/C51H50BN3/c1-6-7-19-34-30-39-38-32-37(53(35-20-10-8-11-21-35)36-22-12-9-13-23-36)33-45-46(38)52(55-47(39)42(31-34)50(4)28-16-17-29-51(50,55)5)43-26-18-25-41-48(43)54(45)44-27-15-14-24-40(44)49(41,2)3/h8-15,18,20-27,30-33H,6-7,16-17,19,28-29H2,1-5H3. The van der Waals surface area contributed by atoms with Crippen LogP contribution in [0.4, 0.5) is 39.8 Å². The largest absolute Gasteiger partial charge is 0.400 e. The molecule has 1 saturated carbocycles. The minimum atomic E-state index is -0.142. The summed E-state index contributed by atoms with van der Waals surface area (Å²) in [5.41, 5.74) is 20.6. The number of unbranched alkanes of at least 4 members (excludes halogenated alkanes) is 1. The SMILES string of the molecule is CCCCc1cc2c3c(c1)C1(C)CCCCC1(C)N3B1c3cccc4c3N(c3ccccc3C4(C)C)c3cc(N(c4ccccc4)c4ccccc4)cc-2c31. The summed E-state index contributed by atoms with van der Waals surface area (Å²) in [6.45, 7) is 12.6. The molecule has 0 N–H and O–H groups in total. The Morgan fingerprint density at radius 3 is 2.05 bits per heavy atom. The van der Waals surface area contributed by atoms with Crippen LogP contribution in [0.15, 0.2) is 127 Å². The molecule has 3 nitrogen and oxygen atoms in total. The van der Waals surface area contributed by atoms with Crippen molar-refractivity contribution in [3.8, 4) is 11.1 Å². The van der Waals surface area contributed by atoms with E-state index in [1.54, 1.807) is 5.56 Å². The Bertz CT molecular complexity index is 2480. The molecule has 4 heteroatoms. The van der Waals surface area contributed by atoms with Crippen LogP contribution in [0.2, 0.25) is 0 Å². The van der Waals surface area contributed by atoms with Crippen LogP contribution in [0.1, 0.15) is 95.4 Å². The van der Waals surface area contributed by atoms with Gasteiger partial charge in [0.2, 0.25) is 0 Å². The van der Waals surface area contributed by atoms with Gasteiger partial charge in [0.25, 0.3) is 0 Å². The van der Waals surface area contributed by atoms with Crippen molar-refractivity contribution in [3.63, 3.8) is 0 Å². The van der Waals surface area contributed by atoms with Crippen molar-refractivity contribution in [1.82, 2.24) is 0 Å². The number of aryl methyl sites for hydroxylation is 1. The Balaban J connectivity index is 1.29. The number of fused-ring (bicyclic) bond motifs is 9. The summed E-state index contributed by atoms with van der Waals surface area (Å²) in [4.78, 5) is 8.13. The van der Waals surface area contributed by atoms with Crippen molar-refractivity contribution in [1.29, 1.82) is 0 Å². The molecule has 272 valence electrons. The highest BCUT2D eigenvalue weighted by Crippen LogP contribution is 2.64. The topological polar surface area (TPSA) is 9.72 Å². The summed E-state index contributed by atoms with van der Waals surface area (Å²) in [7, 11) is 0. The monoisotopic (exact) mass is 715 g/mol. The van der Waals surface area contributed by atoms with Gasteiger partial charge in [-0.2, -0.15) is 0 Å². The molecule has 1 aliphatic carbocycles. The van der Waals surface area contributed by atoms with Crippen LogP contribution in [0.25, 0.3) is 11.1 Å². The van der Waals surface area contributed by atoms with Crippen LogP contribution in [0, 0.1) is 0 Å². The fourth-order valence-corrected chi connectivity index (χ4v) is 11.8. The smallest absolute Gasteiger partial charge is 0.328 e. The first-order valence-corrected chi connectivity index (χ1v) is 20.8. The van der Waals surface area contributed by atoms with Crippen molar-refractivity contribution in [2.24, 2.45) is 0 Å². The highest BCUT2D eigenvalue weighted by atomic mass is 15.2. The molecule has 11 rings (SSSR count). The molecule has 0 spiro atoms. The Morgan fingerprint density at radius 1 is 0.618 bits per heavy atom. The van der Waals surface area contributed by atoms with Crippen LogP contribution in [0.3, 0.4) is 0 Å². The van der Waals surface area contributed by atoms with Gasteiger partial charge < -0.3 is 14.6 Å². The van der Waals surface area contributed by atoms with Gasteiger partial charge in [0.15, 0.2) is 0 Å². The van der Waals surface area contributed by atoms with Crippen molar-refractivity contribution < 1.29 is 0 Å². The molecule has 4 aliphatic heterocycles. The van der Waals surface area contributed by atoms with E-state index in [9.17, 15) is 0 Å². The highest BCUT2D eigenvalue weighted by molar-refractivity contribution is 6.93. The molecule has 0 bridgehead atoms. The van der Waals surface area contributed by atoms with Crippen LogP contribution >= 0.6 is 0 Å². The van der Waals surface area contributed by atoms with Crippen LogP contribution in [-0.4, -0.2) is 12.4 Å². The summed E-state index contributed by atoms with van der Waals surface area (Å²) in [5, 5.41) is 0. The van der Waals surface area contributed by atoms with E-state index in [1.807, 2.05) is 0 Å². The number of benzene rings is 6. The van der Waals surface area contributed by atoms with E-state index in [-0.39, 0.29) is 23.2 Å². The predicted molar refractivity (Wildman–Crippen MR) is 234 cm³/mol. The third kappa shape index (κ3) is 4.29. The summed E-state index contributed by atoms with van der Waals surface area (Å²) < 4.78 is 0. The maximum Gasteiger partial charge on any atom is 0.328 e. The minimum Gasteiger partial charge on any atom is -0.400 e. The first-order chi connectivity index (χ1) is 26.8. The van der Waals surface area contributed by atoms with E-state index in [1.165, 1.54) is 117 Å². The van der Waals surface area contributed by atoms with Crippen molar-refractivity contribution in [2.75, 3.05) is 14.6 Å². The number of rotatable bonds is 6. The quantitative estimate of drug-likeness (QED) is 0.159. The molecule has 6 aromatic rings. The average molecular weight is 716 g/mol. The number of nitrogens with zero attached hydrogens (tertiary/aromatic N) is 3. The molecule has 1 fully saturated rings. The maximum atomic E-state index is 2.98. The fourth-order valence-electron chi connectivity index (χ4n) is 11.8. The summed E-state index contributed by atoms with van der Waals surface area (Å²) >= 11 is 0. The fraction of sp³-hybridized carbons (Fsp3) is 0.294. The molecular formula is C51H50BN3. The molecule has 55 heavy (non-hydrogen) atoms. The number of hydrogen-bond donors (Lipinski definition) is 0. The van der Waals surface area contributed by atoms with Gasteiger partial charge in [-0.15, -0.1) is 0 Å². The lowest BCUT2D eigenvalue weighted by Gasteiger charge is -2.56. The van der Waals surface area contributed by atoms with Gasteiger partial charge in [-0.05, 0) is 120 Å². The number of para-hydroxylation sites is 4. The molecule has 2 atom stereocenters. The molecule has 4 heterocycles. The van der Waals surface area contributed by atoms with E-state index in [2.05, 4.69) is 177 Å². The average Bonchev–Trinajstić information content (AvgIpc) is 3.42. The van der Waals surface area contributed by atoms with Gasteiger partial charge in [0.05, 0.1) is 5.69 Å². The lowest BCUT2D eigenvalue weighted by molar-refractivity contribution is 0.199. The second kappa shape index (κ2) is 11.6. The molecule has 0 saturated heterocycles. The Labute approximate surface area is 327 Å². The van der Waals surface area contributed by atoms with Gasteiger partial charge in [0.1, 0.15) is 0 Å². The van der Waals surface area contributed by atoms with E-state index < -0.39 is 0 Å². The first-order valence-electron chi connectivity index (χ1n) is 20.8. The van der Waals surface area contributed by atoms with Gasteiger partial charge in [-0.3, -0.25) is 0 Å². The number of anilines is 7. The maximum absolute atomic E-state index is 2.98. The highest BCUT2D eigenvalue weighted by Gasteiger charge is 2.63. The van der Waals surface area contributed by atoms with Crippen LogP contribution < -0.4 is 25.5 Å². The lowest BCUT2D eigenvalue weighted by Crippen LogP contribution is -2.71. The zero-order valence-corrected chi connectivity index (χ0v) is 33.0. The number of hydrogen-bond acceptors (Lipinski definition) is 3. The zero-order valence-electron chi connectivity index (χ0n) is 33.0. The third-order valence-corrected chi connectivity index (χ3v) is 14.7. The first kappa shape index (κ1) is 33.2. The van der Waals surface area contributed by atoms with Gasteiger partial charge >= 0.3 is 6.85 Å². The second-order valence-electron chi connectivity index (χ2n) is 17.9. The summed E-state index contributed by atoms with van der Waals surface area (Å²) in [6.07, 6.45) is 8.56. The van der Waals surface area contributed by atoms with Gasteiger partial charge in [-0.1, -0.05) is 126 Å². The summed E-state index contributed by atoms with van der Waals surface area (Å²) in [6, 6.07) is 48.7. The molecule has 0 amide bonds. The van der Waals surface area contributed by atoms with Crippen molar-refractivity contribution >= 4 is 57.6 Å². The van der Waals surface area contributed by atoms with Gasteiger partial charge in [-0.25, -0.2) is 0 Å². The normalized spacial score (nSPS) is 21.7. The molecule has 0 aromatic heterocycles. The Morgan fingerprint density at radius 2 is 1.31 bits per heavy atom. The molecule has 0 radical (unpaired) electrons. The van der Waals surface area contributed by atoms with Crippen molar-refractivity contribution in [3.05, 3.63) is 150 Å². The van der Waals surface area contributed by atoms with E-state index in [4.69, 9.17) is 0 Å². The zero-order chi connectivity index (χ0) is 37.3. The minimum absolute atomic E-state index is 0.00287. The summed E-state index contributed by atoms with van der Waals surface area (Å²) in [5.74, 6) is 0. The van der Waals surface area contributed by atoms with Crippen molar-refractivity contribution in [2.45, 2.75) is 95.9 Å². The van der Waals surface area contributed by atoms with Crippen LogP contribution in [-0.2, 0) is 17.3 Å². The van der Waals surface area contributed by atoms with E-state index >= 15 is 0 Å². The Hall–Kier alpha value is -5.22. The third-order valence-electron chi connectivity index (χ3n) is 14.7. The van der Waals surface area contributed by atoms with E-state index in [0.717, 1.165) is 6.42 Å². The molecule has 5 aliphatic rings. The van der Waals surface area contributed by atoms with E-state index in [0.29, 0.717) is 0 Å². The molecule has 6 aromatic carbocycles. The molecular weight excluding hydrogens is 665 g/mol. The van der Waals surface area contributed by atoms with Gasteiger partial charge in [0, 0.05) is 56.1 Å². The van der Waals surface area contributed by atoms with Crippen LogP contribution in [0.5, 0.6) is 0 Å². The molecule has 2 unspecified atom stereocenters. The second-order valence-corrected chi connectivity index (χ2v) is 17.9. The predicted octanol–water partition coefficient (Wildman–Crippen LogP) is 12.1. The lowest BCUT2D eigenvalue weighted by atomic mass is 9.41.